The van der Waals surface area contributed by atoms with Gasteiger partial charge in [0.05, 0.1) is 0 Å². The molecular weight excluding hydrogens is 749 g/mol. The molecular formula is C50H46N6O4. The van der Waals surface area contributed by atoms with Gasteiger partial charge in [-0.15, -0.1) is 0 Å². The van der Waals surface area contributed by atoms with Gasteiger partial charge in [0.2, 0.25) is 11.8 Å². The summed E-state index contributed by atoms with van der Waals surface area (Å²) in [5.41, 5.74) is 9.35. The first-order valence-corrected chi connectivity index (χ1v) is 20.4. The average molecular weight is 795 g/mol. The van der Waals surface area contributed by atoms with Crippen LogP contribution in [0, 0.1) is 13.8 Å². The van der Waals surface area contributed by atoms with Gasteiger partial charge in [-0.05, 0) is 98.2 Å². The van der Waals surface area contributed by atoms with Crippen LogP contribution in [0.5, 0.6) is 0 Å². The smallest absolute Gasteiger partial charge is 0.273 e. The number of amides is 4. The van der Waals surface area contributed by atoms with Gasteiger partial charge in [-0.2, -0.15) is 0 Å². The Morgan fingerprint density at radius 3 is 1.37 bits per heavy atom. The number of rotatable bonds is 10. The van der Waals surface area contributed by atoms with Crippen LogP contribution in [-0.4, -0.2) is 68.6 Å². The normalized spacial score (nSPS) is 16.2. The second-order valence-electron chi connectivity index (χ2n) is 15.4. The molecule has 4 aromatic carbocycles. The molecule has 10 heteroatoms. The van der Waals surface area contributed by atoms with E-state index >= 15 is 0 Å². The molecule has 60 heavy (non-hydrogen) atoms. The van der Waals surface area contributed by atoms with E-state index in [9.17, 15) is 19.2 Å². The van der Waals surface area contributed by atoms with Gasteiger partial charge in [-0.3, -0.25) is 29.1 Å². The fraction of sp³-hybridized carbons (Fsp3) is 0.200. The number of pyridine rings is 2. The van der Waals surface area contributed by atoms with Crippen LogP contribution in [0.1, 0.15) is 68.9 Å². The van der Waals surface area contributed by atoms with E-state index in [1.807, 2.05) is 147 Å². The lowest BCUT2D eigenvalue weighted by atomic mass is 10.0. The summed E-state index contributed by atoms with van der Waals surface area (Å²) in [5, 5.41) is 6.02. The van der Waals surface area contributed by atoms with E-state index in [0.717, 1.165) is 57.3 Å². The molecule has 4 amide bonds. The number of anilines is 2. The van der Waals surface area contributed by atoms with Crippen LogP contribution >= 0.6 is 0 Å². The van der Waals surface area contributed by atoms with E-state index in [2.05, 4.69) is 20.6 Å². The summed E-state index contributed by atoms with van der Waals surface area (Å²) < 4.78 is 0. The van der Waals surface area contributed by atoms with E-state index in [-0.39, 0.29) is 23.6 Å². The van der Waals surface area contributed by atoms with Gasteiger partial charge in [0.15, 0.2) is 0 Å². The maximum atomic E-state index is 13.8. The summed E-state index contributed by atoms with van der Waals surface area (Å²) in [7, 11) is 0. The van der Waals surface area contributed by atoms with E-state index < -0.39 is 12.1 Å². The largest absolute Gasteiger partial charge is 0.325 e. The highest BCUT2D eigenvalue weighted by Gasteiger charge is 2.37. The van der Waals surface area contributed by atoms with Crippen LogP contribution < -0.4 is 10.6 Å². The fourth-order valence-electron chi connectivity index (χ4n) is 8.08. The van der Waals surface area contributed by atoms with Crippen molar-refractivity contribution in [3.63, 3.8) is 0 Å². The zero-order chi connectivity index (χ0) is 41.6. The number of carbonyl (C=O) groups is 4. The number of carbonyl (C=O) groups excluding carboxylic acids is 4. The van der Waals surface area contributed by atoms with Crippen molar-refractivity contribution in [3.05, 3.63) is 167 Å². The van der Waals surface area contributed by atoms with Gasteiger partial charge < -0.3 is 20.4 Å². The summed E-state index contributed by atoms with van der Waals surface area (Å²) in [6.45, 7) is 5.00. The molecule has 2 N–H and O–H groups in total. The number of hydrogen-bond donors (Lipinski definition) is 2. The molecule has 0 bridgehead atoms. The molecule has 2 atom stereocenters. The van der Waals surface area contributed by atoms with Crippen LogP contribution in [0.15, 0.2) is 134 Å². The summed E-state index contributed by atoms with van der Waals surface area (Å²) in [5.74, 6) is -0.946. The first kappa shape index (κ1) is 39.6. The van der Waals surface area contributed by atoms with Gasteiger partial charge in [-0.25, -0.2) is 0 Å². The second kappa shape index (κ2) is 17.7. The molecule has 10 nitrogen and oxygen atoms in total. The molecule has 0 spiro atoms. The molecule has 0 radical (unpaired) electrons. The number of nitrogens with one attached hydrogen (secondary N) is 2. The van der Waals surface area contributed by atoms with Crippen molar-refractivity contribution in [1.29, 1.82) is 0 Å². The Labute approximate surface area is 350 Å². The highest BCUT2D eigenvalue weighted by atomic mass is 16.2. The molecule has 2 fully saturated rings. The van der Waals surface area contributed by atoms with Crippen molar-refractivity contribution in [3.8, 4) is 22.3 Å². The molecule has 8 rings (SSSR count). The Bertz CT molecular complexity index is 2410. The first-order valence-electron chi connectivity index (χ1n) is 20.4. The van der Waals surface area contributed by atoms with Crippen molar-refractivity contribution in [2.75, 3.05) is 23.7 Å². The van der Waals surface area contributed by atoms with Gasteiger partial charge in [-0.1, -0.05) is 108 Å². The van der Waals surface area contributed by atoms with Gasteiger partial charge in [0, 0.05) is 48.0 Å². The van der Waals surface area contributed by atoms with Crippen molar-refractivity contribution >= 4 is 47.2 Å². The number of likely N-dealkylation sites (tertiary alicyclic amines) is 2. The Morgan fingerprint density at radius 2 is 0.967 bits per heavy atom. The molecule has 2 saturated heterocycles. The van der Waals surface area contributed by atoms with Crippen LogP contribution in [0.3, 0.4) is 0 Å². The van der Waals surface area contributed by atoms with Gasteiger partial charge in [0.1, 0.15) is 23.5 Å². The average Bonchev–Trinajstić information content (AvgIpc) is 3.98. The lowest BCUT2D eigenvalue weighted by Gasteiger charge is -2.24. The standard InChI is InChI=1S/C50H46N6O4/c1-33-9-3-11-37(31-33)41-13-5-27-51-45(41)49(59)55-29-7-15-43(55)47(57)53-39-23-19-35(20-24-39)17-18-36-21-25-40(26-22-36)54-48(58)44-16-8-30-56(44)50(60)46-42(14-6-28-52-46)38-12-4-10-34(2)32-38/h3-6,9-14,17-28,31-32,43-44H,7-8,15-16,29-30H2,1-2H3,(H,53,57)(H,54,58)/t43-,44-/m0/s1. The third-order valence-electron chi connectivity index (χ3n) is 11.1. The van der Waals surface area contributed by atoms with Crippen LogP contribution in [0.4, 0.5) is 11.4 Å². The van der Waals surface area contributed by atoms with E-state index in [0.29, 0.717) is 48.7 Å². The van der Waals surface area contributed by atoms with Crippen LogP contribution in [0.25, 0.3) is 34.4 Å². The molecule has 6 aromatic rings. The maximum Gasteiger partial charge on any atom is 0.273 e. The molecule has 0 aliphatic carbocycles. The maximum absolute atomic E-state index is 13.8. The summed E-state index contributed by atoms with van der Waals surface area (Å²) in [6, 6.07) is 37.3. The van der Waals surface area contributed by atoms with Crippen LogP contribution in [0.2, 0.25) is 0 Å². The fourth-order valence-corrected chi connectivity index (χ4v) is 8.08. The predicted molar refractivity (Wildman–Crippen MR) is 236 cm³/mol. The minimum absolute atomic E-state index is 0.225. The Kier molecular flexibility index (Phi) is 11.7. The summed E-state index contributed by atoms with van der Waals surface area (Å²) >= 11 is 0. The predicted octanol–water partition coefficient (Wildman–Crippen LogP) is 9.08. The molecule has 2 aliphatic rings. The molecule has 4 heterocycles. The van der Waals surface area contributed by atoms with Crippen LogP contribution in [-0.2, 0) is 9.59 Å². The topological polar surface area (TPSA) is 125 Å². The molecule has 2 aromatic heterocycles. The quantitative estimate of drug-likeness (QED) is 0.133. The van der Waals surface area contributed by atoms with Crippen molar-refractivity contribution in [2.45, 2.75) is 51.6 Å². The monoisotopic (exact) mass is 794 g/mol. The van der Waals surface area contributed by atoms with E-state index in [1.54, 1.807) is 22.2 Å². The van der Waals surface area contributed by atoms with Gasteiger partial charge in [0.25, 0.3) is 11.8 Å². The SMILES string of the molecule is Cc1cccc(-c2cccnc2C(=O)N2CCC[C@H]2C(=O)Nc2ccc(C=Cc3ccc(NC(=O)[C@@H]4CCCN4C(=O)c4ncccc4-c4cccc(C)c4)cc3)cc2)c1. The number of hydrogen-bond acceptors (Lipinski definition) is 6. The lowest BCUT2D eigenvalue weighted by Crippen LogP contribution is -2.43. The first-order chi connectivity index (χ1) is 29.2. The highest BCUT2D eigenvalue weighted by molar-refractivity contribution is 6.05. The zero-order valence-corrected chi connectivity index (χ0v) is 33.7. The summed E-state index contributed by atoms with van der Waals surface area (Å²) in [6.07, 6.45) is 9.80. The zero-order valence-electron chi connectivity index (χ0n) is 33.7. The molecule has 0 unspecified atom stereocenters. The highest BCUT2D eigenvalue weighted by Crippen LogP contribution is 2.30. The van der Waals surface area contributed by atoms with E-state index in [1.165, 1.54) is 0 Å². The Hall–Kier alpha value is -7.20. The lowest BCUT2D eigenvalue weighted by molar-refractivity contribution is -0.120. The Morgan fingerprint density at radius 1 is 0.550 bits per heavy atom. The molecule has 0 saturated carbocycles. The molecule has 300 valence electrons. The number of nitrogens with zero attached hydrogens (tertiary/aromatic N) is 4. The Balaban J connectivity index is 0.859. The van der Waals surface area contributed by atoms with Gasteiger partial charge >= 0.3 is 0 Å². The number of benzene rings is 4. The molecule has 2 aliphatic heterocycles. The second-order valence-corrected chi connectivity index (χ2v) is 15.4. The number of aromatic nitrogens is 2. The van der Waals surface area contributed by atoms with Crippen molar-refractivity contribution in [1.82, 2.24) is 19.8 Å². The minimum atomic E-state index is -0.596. The third kappa shape index (κ3) is 8.78. The van der Waals surface area contributed by atoms with Crippen molar-refractivity contribution < 1.29 is 19.2 Å². The summed E-state index contributed by atoms with van der Waals surface area (Å²) in [4.78, 5) is 66.9. The minimum Gasteiger partial charge on any atom is -0.325 e. The number of aryl methyl sites for hydroxylation is 2. The third-order valence-corrected chi connectivity index (χ3v) is 11.1. The van der Waals surface area contributed by atoms with E-state index in [4.69, 9.17) is 0 Å². The van der Waals surface area contributed by atoms with Crippen molar-refractivity contribution in [2.24, 2.45) is 0 Å².